The standard InChI is InChI=1S/C9H9ClN2O/c10-7-2-5-1-6(4-11)12-8(5)3-9(7)13/h1-3,12-13H,4,11H2. The van der Waals surface area contributed by atoms with E-state index in [1.165, 1.54) is 0 Å². The lowest BCUT2D eigenvalue weighted by molar-refractivity contribution is 0.476. The molecule has 0 fully saturated rings. The normalized spacial score (nSPS) is 10.9. The Labute approximate surface area is 80.1 Å². The van der Waals surface area contributed by atoms with Crippen LogP contribution < -0.4 is 5.73 Å². The van der Waals surface area contributed by atoms with Crippen LogP contribution in [0, 0.1) is 0 Å². The lowest BCUT2D eigenvalue weighted by Gasteiger charge is -1.95. The number of nitrogens with two attached hydrogens (primary N) is 1. The average Bonchev–Trinajstić information content (AvgIpc) is 2.48. The topological polar surface area (TPSA) is 62.0 Å². The molecule has 0 aliphatic carbocycles. The molecule has 1 aromatic heterocycles. The fourth-order valence-electron chi connectivity index (χ4n) is 1.31. The summed E-state index contributed by atoms with van der Waals surface area (Å²) in [7, 11) is 0. The first-order valence-corrected chi connectivity index (χ1v) is 4.28. The van der Waals surface area contributed by atoms with Crippen LogP contribution in [0.25, 0.3) is 10.9 Å². The van der Waals surface area contributed by atoms with Gasteiger partial charge in [-0.25, -0.2) is 0 Å². The second-order valence-corrected chi connectivity index (χ2v) is 3.30. The zero-order valence-corrected chi connectivity index (χ0v) is 7.60. The lowest BCUT2D eigenvalue weighted by Crippen LogP contribution is -1.94. The molecule has 0 saturated heterocycles. The summed E-state index contributed by atoms with van der Waals surface area (Å²) in [5.41, 5.74) is 7.24. The number of hydrogen-bond donors (Lipinski definition) is 3. The van der Waals surface area contributed by atoms with Gasteiger partial charge < -0.3 is 15.8 Å². The molecule has 0 atom stereocenters. The maximum atomic E-state index is 9.32. The smallest absolute Gasteiger partial charge is 0.136 e. The van der Waals surface area contributed by atoms with Crippen molar-refractivity contribution < 1.29 is 5.11 Å². The molecule has 0 spiro atoms. The van der Waals surface area contributed by atoms with Gasteiger partial charge in [-0.15, -0.1) is 0 Å². The van der Waals surface area contributed by atoms with Gasteiger partial charge in [0.25, 0.3) is 0 Å². The number of fused-ring (bicyclic) bond motifs is 1. The Kier molecular flexibility index (Phi) is 1.90. The Morgan fingerprint density at radius 1 is 1.38 bits per heavy atom. The number of hydrogen-bond acceptors (Lipinski definition) is 2. The molecule has 0 saturated carbocycles. The molecular weight excluding hydrogens is 188 g/mol. The van der Waals surface area contributed by atoms with Crippen molar-refractivity contribution in [3.8, 4) is 5.75 Å². The Hall–Kier alpha value is -1.19. The Morgan fingerprint density at radius 3 is 2.85 bits per heavy atom. The van der Waals surface area contributed by atoms with E-state index in [0.29, 0.717) is 11.6 Å². The molecule has 0 bridgehead atoms. The van der Waals surface area contributed by atoms with Gasteiger partial charge in [0.2, 0.25) is 0 Å². The first kappa shape index (κ1) is 8.41. The van der Waals surface area contributed by atoms with Crippen LogP contribution in [0.3, 0.4) is 0 Å². The van der Waals surface area contributed by atoms with Crippen LogP contribution in [0.4, 0.5) is 0 Å². The molecule has 1 heterocycles. The molecular formula is C9H9ClN2O. The third-order valence-corrected chi connectivity index (χ3v) is 2.27. The van der Waals surface area contributed by atoms with Gasteiger partial charge in [0.05, 0.1) is 5.02 Å². The van der Waals surface area contributed by atoms with E-state index < -0.39 is 0 Å². The van der Waals surface area contributed by atoms with Crippen LogP contribution in [-0.4, -0.2) is 10.1 Å². The summed E-state index contributed by atoms with van der Waals surface area (Å²) in [6, 6.07) is 5.22. The molecule has 0 amide bonds. The van der Waals surface area contributed by atoms with E-state index >= 15 is 0 Å². The van der Waals surface area contributed by atoms with E-state index in [-0.39, 0.29) is 5.75 Å². The number of aromatic nitrogens is 1. The third kappa shape index (κ3) is 1.36. The highest BCUT2D eigenvalue weighted by Gasteiger charge is 2.03. The predicted molar refractivity (Wildman–Crippen MR) is 52.9 cm³/mol. The minimum absolute atomic E-state index is 0.0830. The zero-order chi connectivity index (χ0) is 9.42. The van der Waals surface area contributed by atoms with E-state index in [2.05, 4.69) is 4.98 Å². The van der Waals surface area contributed by atoms with Crippen molar-refractivity contribution in [2.75, 3.05) is 0 Å². The molecule has 1 aromatic carbocycles. The number of benzene rings is 1. The fourth-order valence-corrected chi connectivity index (χ4v) is 1.48. The minimum atomic E-state index is 0.0830. The van der Waals surface area contributed by atoms with E-state index in [4.69, 9.17) is 17.3 Å². The van der Waals surface area contributed by atoms with Gasteiger partial charge in [-0.3, -0.25) is 0 Å². The largest absolute Gasteiger partial charge is 0.506 e. The van der Waals surface area contributed by atoms with Gasteiger partial charge in [0.15, 0.2) is 0 Å². The molecule has 0 aliphatic rings. The molecule has 0 unspecified atom stereocenters. The number of H-pyrrole nitrogens is 1. The van der Waals surface area contributed by atoms with Crippen LogP contribution in [0.1, 0.15) is 5.69 Å². The number of phenols is 1. The first-order valence-electron chi connectivity index (χ1n) is 3.91. The molecule has 0 aliphatic heterocycles. The van der Waals surface area contributed by atoms with Gasteiger partial charge in [-0.2, -0.15) is 0 Å². The van der Waals surface area contributed by atoms with Crippen molar-refractivity contribution in [2.24, 2.45) is 5.73 Å². The van der Waals surface area contributed by atoms with E-state index in [1.807, 2.05) is 6.07 Å². The molecule has 0 radical (unpaired) electrons. The SMILES string of the molecule is NCc1cc2cc(Cl)c(O)cc2[nH]1. The van der Waals surface area contributed by atoms with Gasteiger partial charge in [-0.1, -0.05) is 11.6 Å². The average molecular weight is 197 g/mol. The summed E-state index contributed by atoms with van der Waals surface area (Å²) in [6.07, 6.45) is 0. The summed E-state index contributed by atoms with van der Waals surface area (Å²) >= 11 is 5.74. The van der Waals surface area contributed by atoms with E-state index in [1.54, 1.807) is 12.1 Å². The highest BCUT2D eigenvalue weighted by atomic mass is 35.5. The first-order chi connectivity index (χ1) is 6.20. The maximum absolute atomic E-state index is 9.32. The highest BCUT2D eigenvalue weighted by molar-refractivity contribution is 6.32. The highest BCUT2D eigenvalue weighted by Crippen LogP contribution is 2.28. The maximum Gasteiger partial charge on any atom is 0.136 e. The van der Waals surface area contributed by atoms with Gasteiger partial charge >= 0.3 is 0 Å². The van der Waals surface area contributed by atoms with Crippen molar-refractivity contribution in [2.45, 2.75) is 6.54 Å². The van der Waals surface area contributed by atoms with Gasteiger partial charge in [0, 0.05) is 29.2 Å². The van der Waals surface area contributed by atoms with Gasteiger partial charge in [0.1, 0.15) is 5.75 Å². The molecule has 4 N–H and O–H groups in total. The number of halogens is 1. The number of aromatic hydroxyl groups is 1. The number of rotatable bonds is 1. The fraction of sp³-hybridized carbons (Fsp3) is 0.111. The lowest BCUT2D eigenvalue weighted by atomic mass is 10.2. The minimum Gasteiger partial charge on any atom is -0.506 e. The van der Waals surface area contributed by atoms with Crippen LogP contribution in [0.15, 0.2) is 18.2 Å². The molecule has 13 heavy (non-hydrogen) atoms. The molecule has 68 valence electrons. The van der Waals surface area contributed by atoms with Crippen LogP contribution in [-0.2, 0) is 6.54 Å². The van der Waals surface area contributed by atoms with Crippen molar-refractivity contribution in [1.82, 2.24) is 4.98 Å². The van der Waals surface area contributed by atoms with Crippen LogP contribution in [0.5, 0.6) is 5.75 Å². The zero-order valence-electron chi connectivity index (χ0n) is 6.84. The molecule has 4 heteroatoms. The second kappa shape index (κ2) is 2.94. The van der Waals surface area contributed by atoms with E-state index in [9.17, 15) is 5.11 Å². The Bertz CT molecular complexity index is 411. The number of aromatic amines is 1. The summed E-state index contributed by atoms with van der Waals surface area (Å²) in [5, 5.41) is 10.6. The Balaban J connectivity index is 2.70. The summed E-state index contributed by atoms with van der Waals surface area (Å²) in [4.78, 5) is 3.07. The van der Waals surface area contributed by atoms with Crippen molar-refractivity contribution in [1.29, 1.82) is 0 Å². The van der Waals surface area contributed by atoms with Crippen LogP contribution >= 0.6 is 11.6 Å². The molecule has 2 aromatic rings. The van der Waals surface area contributed by atoms with Crippen molar-refractivity contribution in [3.05, 3.63) is 28.9 Å². The number of phenolic OH excluding ortho intramolecular Hbond substituents is 1. The van der Waals surface area contributed by atoms with Gasteiger partial charge in [-0.05, 0) is 12.1 Å². The quantitative estimate of drug-likeness (QED) is 0.653. The summed E-state index contributed by atoms with van der Waals surface area (Å²) < 4.78 is 0. The van der Waals surface area contributed by atoms with Crippen molar-refractivity contribution in [3.63, 3.8) is 0 Å². The summed E-state index contributed by atoms with van der Waals surface area (Å²) in [5.74, 6) is 0.0830. The summed E-state index contributed by atoms with van der Waals surface area (Å²) in [6.45, 7) is 0.451. The predicted octanol–water partition coefficient (Wildman–Crippen LogP) is 1.99. The third-order valence-electron chi connectivity index (χ3n) is 1.96. The monoisotopic (exact) mass is 196 g/mol. The number of nitrogens with one attached hydrogen (secondary N) is 1. The molecule has 2 rings (SSSR count). The molecule has 3 nitrogen and oxygen atoms in total. The Morgan fingerprint density at radius 2 is 2.15 bits per heavy atom. The second-order valence-electron chi connectivity index (χ2n) is 2.89. The van der Waals surface area contributed by atoms with Crippen LogP contribution in [0.2, 0.25) is 5.02 Å². The van der Waals surface area contributed by atoms with Crippen molar-refractivity contribution >= 4 is 22.5 Å². The van der Waals surface area contributed by atoms with E-state index in [0.717, 1.165) is 16.6 Å².